The van der Waals surface area contributed by atoms with Crippen molar-refractivity contribution in [2.24, 2.45) is 0 Å². The number of hydrazine groups is 1. The van der Waals surface area contributed by atoms with Gasteiger partial charge in [0.25, 0.3) is 0 Å². The first-order valence-corrected chi connectivity index (χ1v) is 3.46. The van der Waals surface area contributed by atoms with Crippen LogP contribution in [-0.4, -0.2) is 18.6 Å². The van der Waals surface area contributed by atoms with E-state index >= 15 is 0 Å². The summed E-state index contributed by atoms with van der Waals surface area (Å²) in [6, 6.07) is 0. The van der Waals surface area contributed by atoms with E-state index in [0.717, 1.165) is 6.54 Å². The number of hydrogen-bond acceptors (Lipinski definition) is 2. The van der Waals surface area contributed by atoms with Crippen LogP contribution in [0.5, 0.6) is 0 Å². The smallest absolute Gasteiger partial charge is 0.0336 e. The molecule has 0 spiro atoms. The molecule has 3 heteroatoms. The summed E-state index contributed by atoms with van der Waals surface area (Å²) in [6.45, 7) is 3.27. The van der Waals surface area contributed by atoms with Crippen LogP contribution in [0, 0.1) is 0 Å². The second-order valence-corrected chi connectivity index (χ2v) is 1.99. The standard InChI is InChI=1S/C4H11IN2/c1-3-4-7(2)6-5/h6H,3-4H2,1-2H3. The van der Waals surface area contributed by atoms with E-state index in [1.165, 1.54) is 6.42 Å². The predicted octanol–water partition coefficient (Wildman–Crippen LogP) is 1.18. The van der Waals surface area contributed by atoms with Crippen LogP contribution in [0.25, 0.3) is 0 Å². The van der Waals surface area contributed by atoms with Crippen molar-refractivity contribution < 1.29 is 0 Å². The van der Waals surface area contributed by atoms with Gasteiger partial charge in [-0.3, -0.25) is 0 Å². The Morgan fingerprint density at radius 2 is 2.29 bits per heavy atom. The van der Waals surface area contributed by atoms with Gasteiger partial charge in [0.2, 0.25) is 0 Å². The second-order valence-electron chi connectivity index (χ2n) is 1.51. The molecule has 0 rings (SSSR count). The average Bonchev–Trinajstić information content (AvgIpc) is 1.68. The quantitative estimate of drug-likeness (QED) is 0.431. The van der Waals surface area contributed by atoms with Crippen LogP contribution in [0.4, 0.5) is 0 Å². The lowest BCUT2D eigenvalue weighted by molar-refractivity contribution is 0.324. The Hall–Kier alpha value is 0.650. The molecule has 0 unspecified atom stereocenters. The minimum Gasteiger partial charge on any atom is -0.239 e. The molecule has 7 heavy (non-hydrogen) atoms. The zero-order chi connectivity index (χ0) is 5.70. The van der Waals surface area contributed by atoms with Crippen molar-refractivity contribution in [1.29, 1.82) is 0 Å². The first kappa shape index (κ1) is 7.65. The zero-order valence-electron chi connectivity index (χ0n) is 4.74. The summed E-state index contributed by atoms with van der Waals surface area (Å²) in [5.41, 5.74) is 0. The van der Waals surface area contributed by atoms with Gasteiger partial charge in [-0.15, -0.1) is 0 Å². The molecule has 0 fully saturated rings. The lowest BCUT2D eigenvalue weighted by Gasteiger charge is -2.09. The summed E-state index contributed by atoms with van der Waals surface area (Å²) in [7, 11) is 2.02. The highest BCUT2D eigenvalue weighted by Gasteiger charge is 1.86. The Labute approximate surface area is 58.7 Å². The molecule has 0 radical (unpaired) electrons. The third-order valence-corrected chi connectivity index (χ3v) is 1.53. The fourth-order valence-corrected chi connectivity index (χ4v) is 0.619. The third-order valence-electron chi connectivity index (χ3n) is 0.703. The van der Waals surface area contributed by atoms with Crippen LogP contribution in [0.2, 0.25) is 0 Å². The molecular formula is C4H11IN2. The van der Waals surface area contributed by atoms with E-state index in [1.54, 1.807) is 0 Å². The Bertz CT molecular complexity index is 40.7. The van der Waals surface area contributed by atoms with E-state index in [0.29, 0.717) is 0 Å². The number of hydrogen-bond donors (Lipinski definition) is 1. The van der Waals surface area contributed by atoms with Gasteiger partial charge in [0.1, 0.15) is 0 Å². The molecule has 0 aliphatic rings. The van der Waals surface area contributed by atoms with Crippen LogP contribution in [0.3, 0.4) is 0 Å². The van der Waals surface area contributed by atoms with Gasteiger partial charge < -0.3 is 0 Å². The minimum atomic E-state index is 1.11. The topological polar surface area (TPSA) is 15.3 Å². The van der Waals surface area contributed by atoms with Gasteiger partial charge in [-0.1, -0.05) is 6.92 Å². The van der Waals surface area contributed by atoms with E-state index in [2.05, 4.69) is 33.4 Å². The minimum absolute atomic E-state index is 1.11. The highest BCUT2D eigenvalue weighted by molar-refractivity contribution is 14.1. The Balaban J connectivity index is 2.83. The predicted molar refractivity (Wildman–Crippen MR) is 40.1 cm³/mol. The molecule has 0 bridgehead atoms. The van der Waals surface area contributed by atoms with E-state index in [1.807, 2.05) is 12.1 Å². The van der Waals surface area contributed by atoms with Crippen LogP contribution in [-0.2, 0) is 0 Å². The van der Waals surface area contributed by atoms with Crippen molar-refractivity contribution in [2.75, 3.05) is 13.6 Å². The van der Waals surface area contributed by atoms with Crippen molar-refractivity contribution in [3.05, 3.63) is 0 Å². The number of nitrogens with zero attached hydrogens (tertiary/aromatic N) is 1. The molecule has 0 heterocycles. The van der Waals surface area contributed by atoms with Crippen molar-refractivity contribution in [2.45, 2.75) is 13.3 Å². The first-order chi connectivity index (χ1) is 3.31. The van der Waals surface area contributed by atoms with Crippen LogP contribution >= 0.6 is 22.9 Å². The first-order valence-electron chi connectivity index (χ1n) is 2.38. The third kappa shape index (κ3) is 4.50. The molecule has 0 saturated heterocycles. The molecule has 1 N–H and O–H groups in total. The zero-order valence-corrected chi connectivity index (χ0v) is 6.90. The van der Waals surface area contributed by atoms with Crippen molar-refractivity contribution in [3.63, 3.8) is 0 Å². The lowest BCUT2D eigenvalue weighted by atomic mass is 10.5. The van der Waals surface area contributed by atoms with Gasteiger partial charge in [-0.25, -0.2) is 5.01 Å². The molecule has 0 aromatic rings. The lowest BCUT2D eigenvalue weighted by Crippen LogP contribution is -2.26. The Kier molecular flexibility index (Phi) is 5.25. The Morgan fingerprint density at radius 1 is 1.71 bits per heavy atom. The van der Waals surface area contributed by atoms with Gasteiger partial charge in [0.15, 0.2) is 0 Å². The summed E-state index contributed by atoms with van der Waals surface area (Å²) in [5.74, 6) is 0. The number of nitrogens with one attached hydrogen (secondary N) is 1. The molecule has 0 amide bonds. The average molecular weight is 214 g/mol. The number of halogens is 1. The van der Waals surface area contributed by atoms with Gasteiger partial charge in [-0.05, 0) is 6.42 Å². The van der Waals surface area contributed by atoms with E-state index in [4.69, 9.17) is 0 Å². The van der Waals surface area contributed by atoms with Gasteiger partial charge in [0, 0.05) is 36.5 Å². The fraction of sp³-hybridized carbons (Fsp3) is 1.00. The summed E-state index contributed by atoms with van der Waals surface area (Å²) in [6.07, 6.45) is 1.20. The van der Waals surface area contributed by atoms with Crippen LogP contribution in [0.15, 0.2) is 0 Å². The van der Waals surface area contributed by atoms with E-state index in [-0.39, 0.29) is 0 Å². The van der Waals surface area contributed by atoms with Gasteiger partial charge in [0.05, 0.1) is 0 Å². The molecule has 2 nitrogen and oxygen atoms in total. The molecular weight excluding hydrogens is 203 g/mol. The molecule has 44 valence electrons. The Morgan fingerprint density at radius 3 is 2.43 bits per heavy atom. The largest absolute Gasteiger partial charge is 0.239 e. The number of rotatable bonds is 3. The normalized spacial score (nSPS) is 10.3. The van der Waals surface area contributed by atoms with E-state index in [9.17, 15) is 0 Å². The highest BCUT2D eigenvalue weighted by atomic mass is 127. The van der Waals surface area contributed by atoms with Crippen LogP contribution < -0.4 is 3.64 Å². The monoisotopic (exact) mass is 214 g/mol. The summed E-state index contributed by atoms with van der Waals surface area (Å²) >= 11 is 2.11. The molecule has 0 atom stereocenters. The maximum Gasteiger partial charge on any atom is 0.0336 e. The molecule has 0 saturated carbocycles. The maximum atomic E-state index is 2.97. The van der Waals surface area contributed by atoms with Crippen LogP contribution in [0.1, 0.15) is 13.3 Å². The van der Waals surface area contributed by atoms with Crippen molar-refractivity contribution in [1.82, 2.24) is 8.65 Å². The summed E-state index contributed by atoms with van der Waals surface area (Å²) in [4.78, 5) is 0. The summed E-state index contributed by atoms with van der Waals surface area (Å²) in [5, 5.41) is 2.04. The van der Waals surface area contributed by atoms with Gasteiger partial charge in [-0.2, -0.15) is 3.64 Å². The maximum absolute atomic E-state index is 2.97. The molecule has 0 aliphatic heterocycles. The van der Waals surface area contributed by atoms with Gasteiger partial charge >= 0.3 is 0 Å². The van der Waals surface area contributed by atoms with E-state index < -0.39 is 0 Å². The van der Waals surface area contributed by atoms with Crippen molar-refractivity contribution in [3.8, 4) is 0 Å². The molecule has 0 aromatic heterocycles. The molecule has 0 aliphatic carbocycles. The van der Waals surface area contributed by atoms with Crippen molar-refractivity contribution >= 4 is 22.9 Å². The second kappa shape index (κ2) is 4.80. The molecule has 0 aromatic carbocycles. The SMILES string of the molecule is CCCN(C)NI. The highest BCUT2D eigenvalue weighted by Crippen LogP contribution is 1.81. The summed E-state index contributed by atoms with van der Waals surface area (Å²) < 4.78 is 2.97. The fourth-order valence-electron chi connectivity index (χ4n) is 0.378.